The number of rotatable bonds is 3. The molecule has 2 N–H and O–H groups in total. The summed E-state index contributed by atoms with van der Waals surface area (Å²) >= 11 is 0. The number of amides is 2. The highest BCUT2D eigenvalue weighted by Gasteiger charge is 2.43. The summed E-state index contributed by atoms with van der Waals surface area (Å²) in [4.78, 5) is 33.2. The number of likely N-dealkylation sites (tertiary alicyclic amines) is 2. The molecule has 2 aliphatic heterocycles. The van der Waals surface area contributed by atoms with Gasteiger partial charge in [-0.25, -0.2) is 4.98 Å². The Bertz CT molecular complexity index is 671. The molecule has 1 aromatic rings. The van der Waals surface area contributed by atoms with Crippen molar-refractivity contribution in [3.8, 4) is 0 Å². The van der Waals surface area contributed by atoms with Gasteiger partial charge in [0.15, 0.2) is 0 Å². The molecular weight excluding hydrogens is 316 g/mol. The molecule has 0 unspecified atom stereocenters. The van der Waals surface area contributed by atoms with Crippen LogP contribution in [0.3, 0.4) is 0 Å². The van der Waals surface area contributed by atoms with Gasteiger partial charge in [0.25, 0.3) is 5.91 Å². The van der Waals surface area contributed by atoms with Crippen LogP contribution < -0.4 is 5.73 Å². The van der Waals surface area contributed by atoms with Crippen LogP contribution in [0.1, 0.15) is 48.9 Å². The van der Waals surface area contributed by atoms with Crippen molar-refractivity contribution < 1.29 is 9.59 Å². The van der Waals surface area contributed by atoms with Crippen molar-refractivity contribution in [3.63, 3.8) is 0 Å². The maximum absolute atomic E-state index is 12.8. The van der Waals surface area contributed by atoms with Gasteiger partial charge in [-0.2, -0.15) is 0 Å². The predicted molar refractivity (Wildman–Crippen MR) is 94.8 cm³/mol. The van der Waals surface area contributed by atoms with E-state index in [9.17, 15) is 9.59 Å². The molecule has 0 radical (unpaired) electrons. The Morgan fingerprint density at radius 2 is 2.12 bits per heavy atom. The van der Waals surface area contributed by atoms with Gasteiger partial charge in [-0.1, -0.05) is 0 Å². The number of hydrogen-bond acceptors (Lipinski definition) is 4. The van der Waals surface area contributed by atoms with Crippen molar-refractivity contribution in [1.29, 1.82) is 0 Å². The minimum atomic E-state index is 0.0252. The molecule has 6 nitrogen and oxygen atoms in total. The molecule has 0 bridgehead atoms. The van der Waals surface area contributed by atoms with E-state index in [0.29, 0.717) is 29.6 Å². The van der Waals surface area contributed by atoms with Crippen LogP contribution in [0.15, 0.2) is 18.3 Å². The number of aromatic nitrogens is 1. The van der Waals surface area contributed by atoms with E-state index in [4.69, 9.17) is 5.73 Å². The molecule has 25 heavy (non-hydrogen) atoms. The Balaban J connectivity index is 1.46. The van der Waals surface area contributed by atoms with Crippen LogP contribution >= 0.6 is 0 Å². The summed E-state index contributed by atoms with van der Waals surface area (Å²) in [5.41, 5.74) is 6.27. The molecule has 1 saturated carbocycles. The lowest BCUT2D eigenvalue weighted by molar-refractivity contribution is -0.139. The molecule has 2 saturated heterocycles. The minimum absolute atomic E-state index is 0.0252. The molecule has 1 aromatic heterocycles. The van der Waals surface area contributed by atoms with Gasteiger partial charge in [-0.3, -0.25) is 9.59 Å². The Morgan fingerprint density at radius 3 is 2.84 bits per heavy atom. The molecule has 4 rings (SSSR count). The molecule has 6 heteroatoms. The molecule has 1 aliphatic carbocycles. The van der Waals surface area contributed by atoms with E-state index in [2.05, 4.69) is 9.88 Å². The van der Waals surface area contributed by atoms with Crippen LogP contribution in [0, 0.1) is 11.3 Å². The lowest BCUT2D eigenvalue weighted by atomic mass is 9.73. The summed E-state index contributed by atoms with van der Waals surface area (Å²) in [5, 5.41) is 0. The molecule has 1 spiro atoms. The van der Waals surface area contributed by atoms with E-state index in [0.717, 1.165) is 45.4 Å². The third-order valence-corrected chi connectivity index (χ3v) is 5.91. The lowest BCUT2D eigenvalue weighted by Gasteiger charge is -2.48. The van der Waals surface area contributed by atoms with Crippen molar-refractivity contribution in [2.75, 3.05) is 31.9 Å². The zero-order valence-electron chi connectivity index (χ0n) is 14.6. The fraction of sp³-hybridized carbons (Fsp3) is 0.632. The number of pyridine rings is 1. The number of piperidine rings is 2. The van der Waals surface area contributed by atoms with Gasteiger partial charge in [0.1, 0.15) is 5.82 Å². The Hall–Kier alpha value is -2.11. The maximum atomic E-state index is 12.8. The van der Waals surface area contributed by atoms with E-state index in [-0.39, 0.29) is 11.3 Å². The summed E-state index contributed by atoms with van der Waals surface area (Å²) < 4.78 is 0. The summed E-state index contributed by atoms with van der Waals surface area (Å²) in [6.45, 7) is 3.24. The van der Waals surface area contributed by atoms with Crippen molar-refractivity contribution >= 4 is 17.6 Å². The lowest BCUT2D eigenvalue weighted by Crippen LogP contribution is -2.55. The zero-order valence-corrected chi connectivity index (χ0v) is 14.6. The third-order valence-electron chi connectivity index (χ3n) is 5.91. The molecule has 2 amide bonds. The van der Waals surface area contributed by atoms with Crippen molar-refractivity contribution in [3.05, 3.63) is 23.9 Å². The SMILES string of the molecule is Nc1ccc(C(=O)N2CCC[C@]3(CCC(=O)N(CC4CC4)C3)C2)cn1. The largest absolute Gasteiger partial charge is 0.384 e. The fourth-order valence-electron chi connectivity index (χ4n) is 4.31. The minimum Gasteiger partial charge on any atom is -0.384 e. The highest BCUT2D eigenvalue weighted by molar-refractivity contribution is 5.94. The number of nitrogens with two attached hydrogens (primary N) is 1. The number of nitrogens with zero attached hydrogens (tertiary/aromatic N) is 3. The number of carbonyl (C=O) groups is 2. The van der Waals surface area contributed by atoms with E-state index >= 15 is 0 Å². The van der Waals surface area contributed by atoms with Crippen LogP contribution in [-0.2, 0) is 4.79 Å². The van der Waals surface area contributed by atoms with Gasteiger partial charge < -0.3 is 15.5 Å². The zero-order chi connectivity index (χ0) is 17.4. The first-order chi connectivity index (χ1) is 12.0. The first-order valence-corrected chi connectivity index (χ1v) is 9.33. The fourth-order valence-corrected chi connectivity index (χ4v) is 4.31. The van der Waals surface area contributed by atoms with Gasteiger partial charge in [0.05, 0.1) is 5.56 Å². The normalized spacial score (nSPS) is 27.0. The predicted octanol–water partition coefficient (Wildman–Crippen LogP) is 1.92. The first-order valence-electron chi connectivity index (χ1n) is 9.33. The Morgan fingerprint density at radius 1 is 1.28 bits per heavy atom. The van der Waals surface area contributed by atoms with Crippen molar-refractivity contribution in [2.45, 2.75) is 38.5 Å². The number of nitrogen functional groups attached to an aromatic ring is 1. The monoisotopic (exact) mass is 342 g/mol. The van der Waals surface area contributed by atoms with Gasteiger partial charge in [0.2, 0.25) is 5.91 Å². The second kappa shape index (κ2) is 6.32. The third kappa shape index (κ3) is 3.48. The molecule has 1 atom stereocenters. The molecule has 3 fully saturated rings. The van der Waals surface area contributed by atoms with Crippen LogP contribution in [0.2, 0.25) is 0 Å². The van der Waals surface area contributed by atoms with Crippen molar-refractivity contribution in [1.82, 2.24) is 14.8 Å². The molecule has 3 aliphatic rings. The number of carbonyl (C=O) groups excluding carboxylic acids is 2. The summed E-state index contributed by atoms with van der Waals surface area (Å²) in [7, 11) is 0. The maximum Gasteiger partial charge on any atom is 0.255 e. The second-order valence-corrected chi connectivity index (χ2v) is 8.02. The Labute approximate surface area is 148 Å². The van der Waals surface area contributed by atoms with Crippen LogP contribution in [-0.4, -0.2) is 52.8 Å². The van der Waals surface area contributed by atoms with E-state index < -0.39 is 0 Å². The van der Waals surface area contributed by atoms with E-state index in [1.54, 1.807) is 18.3 Å². The summed E-state index contributed by atoms with van der Waals surface area (Å²) in [6.07, 6.45) is 7.69. The highest BCUT2D eigenvalue weighted by atomic mass is 16.2. The van der Waals surface area contributed by atoms with Gasteiger partial charge in [0, 0.05) is 44.2 Å². The number of anilines is 1. The molecule has 0 aromatic carbocycles. The molecule has 3 heterocycles. The van der Waals surface area contributed by atoms with Gasteiger partial charge in [-0.15, -0.1) is 0 Å². The highest BCUT2D eigenvalue weighted by Crippen LogP contribution is 2.41. The first kappa shape index (κ1) is 16.4. The summed E-state index contributed by atoms with van der Waals surface area (Å²) in [6, 6.07) is 3.42. The molecule has 134 valence electrons. The second-order valence-electron chi connectivity index (χ2n) is 8.02. The number of hydrogen-bond donors (Lipinski definition) is 1. The molecular formula is C19H26N4O2. The van der Waals surface area contributed by atoms with Gasteiger partial charge >= 0.3 is 0 Å². The van der Waals surface area contributed by atoms with Gasteiger partial charge in [-0.05, 0) is 50.2 Å². The summed E-state index contributed by atoms with van der Waals surface area (Å²) in [5.74, 6) is 1.45. The van der Waals surface area contributed by atoms with Crippen LogP contribution in [0.5, 0.6) is 0 Å². The average Bonchev–Trinajstić information content (AvgIpc) is 3.43. The average molecular weight is 342 g/mol. The topological polar surface area (TPSA) is 79.5 Å². The van der Waals surface area contributed by atoms with E-state index in [1.165, 1.54) is 12.8 Å². The van der Waals surface area contributed by atoms with Crippen LogP contribution in [0.4, 0.5) is 5.82 Å². The quantitative estimate of drug-likeness (QED) is 0.910. The standard InChI is InChI=1S/C19H26N4O2/c20-16-5-4-15(10-21-16)18(25)22-9-1-7-19(12-22)8-6-17(24)23(13-19)11-14-2-3-14/h4-5,10,14H,1-3,6-9,11-13H2,(H2,20,21)/t19-/m0/s1. The van der Waals surface area contributed by atoms with Crippen molar-refractivity contribution in [2.24, 2.45) is 11.3 Å². The van der Waals surface area contributed by atoms with E-state index in [1.807, 2.05) is 4.90 Å². The Kier molecular flexibility index (Phi) is 4.13. The van der Waals surface area contributed by atoms with Crippen LogP contribution in [0.25, 0.3) is 0 Å². The smallest absolute Gasteiger partial charge is 0.255 e.